The van der Waals surface area contributed by atoms with Crippen LogP contribution in [0.2, 0.25) is 0 Å². The molecule has 0 spiro atoms. The van der Waals surface area contributed by atoms with E-state index < -0.39 is 10.0 Å². The monoisotopic (exact) mass is 283 g/mol. The molecule has 0 radical (unpaired) electrons. The molecule has 5 nitrogen and oxygen atoms in total. The van der Waals surface area contributed by atoms with E-state index in [0.717, 1.165) is 32.5 Å². The zero-order chi connectivity index (χ0) is 13.7. The highest BCUT2D eigenvalue weighted by molar-refractivity contribution is 7.88. The van der Waals surface area contributed by atoms with Crippen molar-refractivity contribution in [3.8, 4) is 0 Å². The van der Waals surface area contributed by atoms with Crippen molar-refractivity contribution in [1.29, 1.82) is 0 Å². The molecule has 0 N–H and O–H groups in total. The van der Waals surface area contributed by atoms with Gasteiger partial charge in [-0.05, 0) is 37.1 Å². The predicted octanol–water partition coefficient (Wildman–Crippen LogP) is 0.591. The lowest BCUT2D eigenvalue weighted by molar-refractivity contribution is 0.290. The molecule has 0 amide bonds. The zero-order valence-electron chi connectivity index (χ0n) is 11.3. The maximum atomic E-state index is 11.5. The van der Waals surface area contributed by atoms with Crippen LogP contribution in [-0.2, 0) is 16.4 Å². The van der Waals surface area contributed by atoms with Gasteiger partial charge >= 0.3 is 0 Å². The summed E-state index contributed by atoms with van der Waals surface area (Å²) in [4.78, 5) is 6.34. The van der Waals surface area contributed by atoms with Crippen LogP contribution >= 0.6 is 0 Å². The van der Waals surface area contributed by atoms with Gasteiger partial charge in [0.05, 0.1) is 6.26 Å². The van der Waals surface area contributed by atoms with Gasteiger partial charge in [-0.25, -0.2) is 12.7 Å². The molecule has 2 rings (SSSR count). The average molecular weight is 283 g/mol. The van der Waals surface area contributed by atoms with Crippen molar-refractivity contribution in [1.82, 2.24) is 14.2 Å². The standard InChI is InChI=1S/C13H21N3O2S/c1-19(17,18)16-9-2-8-15(11-12-16)10-5-13-3-6-14-7-4-13/h3-4,6-7H,2,5,8-12H2,1H3. The first-order valence-corrected chi connectivity index (χ1v) is 8.47. The van der Waals surface area contributed by atoms with Crippen molar-refractivity contribution in [2.45, 2.75) is 12.8 Å². The van der Waals surface area contributed by atoms with Crippen LogP contribution in [0.1, 0.15) is 12.0 Å². The fourth-order valence-corrected chi connectivity index (χ4v) is 3.21. The van der Waals surface area contributed by atoms with Crippen LogP contribution in [0.15, 0.2) is 24.5 Å². The van der Waals surface area contributed by atoms with Gasteiger partial charge in [0, 0.05) is 38.6 Å². The van der Waals surface area contributed by atoms with Crippen LogP contribution in [0.5, 0.6) is 0 Å². The van der Waals surface area contributed by atoms with E-state index >= 15 is 0 Å². The second-order valence-electron chi connectivity index (χ2n) is 4.96. The molecule has 2 heterocycles. The summed E-state index contributed by atoms with van der Waals surface area (Å²) in [5.41, 5.74) is 1.28. The van der Waals surface area contributed by atoms with Crippen LogP contribution in [0, 0.1) is 0 Å². The molecule has 1 aliphatic heterocycles. The highest BCUT2D eigenvalue weighted by atomic mass is 32.2. The molecular weight excluding hydrogens is 262 g/mol. The van der Waals surface area contributed by atoms with Crippen LogP contribution in [-0.4, -0.2) is 61.6 Å². The SMILES string of the molecule is CS(=O)(=O)N1CCCN(CCc2ccncc2)CC1. The molecule has 6 heteroatoms. The van der Waals surface area contributed by atoms with E-state index in [0.29, 0.717) is 13.1 Å². The molecule has 19 heavy (non-hydrogen) atoms. The van der Waals surface area contributed by atoms with Crippen molar-refractivity contribution >= 4 is 10.0 Å². The van der Waals surface area contributed by atoms with Gasteiger partial charge in [0.25, 0.3) is 0 Å². The number of aromatic nitrogens is 1. The highest BCUT2D eigenvalue weighted by Crippen LogP contribution is 2.08. The molecule has 0 bridgehead atoms. The quantitative estimate of drug-likeness (QED) is 0.811. The summed E-state index contributed by atoms with van der Waals surface area (Å²) in [5, 5.41) is 0. The van der Waals surface area contributed by atoms with Gasteiger partial charge in [-0.2, -0.15) is 0 Å². The lowest BCUT2D eigenvalue weighted by Gasteiger charge is -2.20. The maximum absolute atomic E-state index is 11.5. The summed E-state index contributed by atoms with van der Waals surface area (Å²) in [7, 11) is -3.04. The van der Waals surface area contributed by atoms with E-state index in [1.54, 1.807) is 4.31 Å². The van der Waals surface area contributed by atoms with Gasteiger partial charge < -0.3 is 4.90 Å². The Morgan fingerprint density at radius 3 is 2.58 bits per heavy atom. The van der Waals surface area contributed by atoms with E-state index in [1.165, 1.54) is 11.8 Å². The molecule has 1 aromatic heterocycles. The first-order valence-electron chi connectivity index (χ1n) is 6.62. The zero-order valence-corrected chi connectivity index (χ0v) is 12.1. The minimum Gasteiger partial charge on any atom is -0.302 e. The number of sulfonamides is 1. The van der Waals surface area contributed by atoms with E-state index in [9.17, 15) is 8.42 Å². The third-order valence-corrected chi connectivity index (χ3v) is 4.79. The Hall–Kier alpha value is -0.980. The smallest absolute Gasteiger partial charge is 0.211 e. The molecule has 0 aromatic carbocycles. The first-order chi connectivity index (χ1) is 9.05. The van der Waals surface area contributed by atoms with Crippen LogP contribution < -0.4 is 0 Å². The highest BCUT2D eigenvalue weighted by Gasteiger charge is 2.20. The fourth-order valence-electron chi connectivity index (χ4n) is 2.34. The summed E-state index contributed by atoms with van der Waals surface area (Å²) >= 11 is 0. The van der Waals surface area contributed by atoms with Gasteiger partial charge in [-0.1, -0.05) is 0 Å². The summed E-state index contributed by atoms with van der Waals surface area (Å²) in [5.74, 6) is 0. The van der Waals surface area contributed by atoms with Gasteiger partial charge in [-0.15, -0.1) is 0 Å². The van der Waals surface area contributed by atoms with Gasteiger partial charge in [-0.3, -0.25) is 4.98 Å². The largest absolute Gasteiger partial charge is 0.302 e. The van der Waals surface area contributed by atoms with Gasteiger partial charge in [0.1, 0.15) is 0 Å². The topological polar surface area (TPSA) is 53.5 Å². The molecule has 1 fully saturated rings. The van der Waals surface area contributed by atoms with Crippen molar-refractivity contribution in [2.24, 2.45) is 0 Å². The van der Waals surface area contributed by atoms with Crippen molar-refractivity contribution in [3.63, 3.8) is 0 Å². The van der Waals surface area contributed by atoms with Gasteiger partial charge in [0.15, 0.2) is 0 Å². The molecule has 1 aromatic rings. The van der Waals surface area contributed by atoms with Crippen molar-refractivity contribution in [3.05, 3.63) is 30.1 Å². The molecule has 1 aliphatic rings. The maximum Gasteiger partial charge on any atom is 0.211 e. The van der Waals surface area contributed by atoms with E-state index in [2.05, 4.69) is 9.88 Å². The lowest BCUT2D eigenvalue weighted by atomic mass is 10.2. The second kappa shape index (κ2) is 6.45. The van der Waals surface area contributed by atoms with E-state index in [1.807, 2.05) is 24.5 Å². The van der Waals surface area contributed by atoms with Crippen LogP contribution in [0.25, 0.3) is 0 Å². The Morgan fingerprint density at radius 2 is 1.89 bits per heavy atom. The number of pyridine rings is 1. The number of nitrogens with zero attached hydrogens (tertiary/aromatic N) is 3. The first kappa shape index (κ1) is 14.4. The number of rotatable bonds is 4. The normalized spacial score (nSPS) is 19.2. The number of hydrogen-bond donors (Lipinski definition) is 0. The van der Waals surface area contributed by atoms with Gasteiger partial charge in [0.2, 0.25) is 10.0 Å². The summed E-state index contributed by atoms with van der Waals surface area (Å²) in [6.45, 7) is 4.01. The fraction of sp³-hybridized carbons (Fsp3) is 0.615. The summed E-state index contributed by atoms with van der Waals surface area (Å²) < 4.78 is 24.6. The van der Waals surface area contributed by atoms with Crippen LogP contribution in [0.4, 0.5) is 0 Å². The molecule has 0 atom stereocenters. The summed E-state index contributed by atoms with van der Waals surface area (Å²) in [6.07, 6.45) is 6.80. The summed E-state index contributed by atoms with van der Waals surface area (Å²) in [6, 6.07) is 4.06. The third-order valence-electron chi connectivity index (χ3n) is 3.48. The molecule has 106 valence electrons. The molecule has 0 aliphatic carbocycles. The Labute approximate surface area is 115 Å². The minimum atomic E-state index is -3.04. The average Bonchev–Trinajstić information content (AvgIpc) is 2.62. The third kappa shape index (κ3) is 4.56. The minimum absolute atomic E-state index is 0.606. The predicted molar refractivity (Wildman–Crippen MR) is 75.4 cm³/mol. The molecule has 1 saturated heterocycles. The lowest BCUT2D eigenvalue weighted by Crippen LogP contribution is -2.35. The Kier molecular flexibility index (Phi) is 4.90. The van der Waals surface area contributed by atoms with Crippen molar-refractivity contribution in [2.75, 3.05) is 39.0 Å². The van der Waals surface area contributed by atoms with Crippen molar-refractivity contribution < 1.29 is 8.42 Å². The van der Waals surface area contributed by atoms with E-state index in [-0.39, 0.29) is 0 Å². The molecule has 0 unspecified atom stereocenters. The second-order valence-corrected chi connectivity index (χ2v) is 6.95. The van der Waals surface area contributed by atoms with Crippen LogP contribution in [0.3, 0.4) is 0 Å². The Balaban J connectivity index is 1.83. The Morgan fingerprint density at radius 1 is 1.16 bits per heavy atom. The molecule has 0 saturated carbocycles. The number of hydrogen-bond acceptors (Lipinski definition) is 4. The molecular formula is C13H21N3O2S. The Bertz CT molecular complexity index is 490. The van der Waals surface area contributed by atoms with E-state index in [4.69, 9.17) is 0 Å².